The van der Waals surface area contributed by atoms with Crippen LogP contribution in [0, 0.1) is 23.3 Å². The van der Waals surface area contributed by atoms with Crippen LogP contribution in [0.1, 0.15) is 15.9 Å². The molecule has 0 saturated heterocycles. The molecule has 0 aliphatic heterocycles. The fourth-order valence-corrected chi connectivity index (χ4v) is 2.88. The van der Waals surface area contributed by atoms with E-state index in [1.807, 2.05) is 5.32 Å². The van der Waals surface area contributed by atoms with Gasteiger partial charge in [0.25, 0.3) is 11.5 Å². The van der Waals surface area contributed by atoms with Gasteiger partial charge in [0.2, 0.25) is 0 Å². The summed E-state index contributed by atoms with van der Waals surface area (Å²) in [6.45, 7) is -1.49. The van der Waals surface area contributed by atoms with Crippen LogP contribution in [-0.4, -0.2) is 38.4 Å². The average molecular weight is 451 g/mol. The van der Waals surface area contributed by atoms with E-state index in [-0.39, 0.29) is 11.1 Å². The predicted octanol–water partition coefficient (Wildman–Crippen LogP) is 2.04. The Kier molecular flexibility index (Phi) is 6.23. The van der Waals surface area contributed by atoms with Gasteiger partial charge in [0.05, 0.1) is 6.54 Å². The van der Waals surface area contributed by atoms with Gasteiger partial charge in [0.1, 0.15) is 35.5 Å². The van der Waals surface area contributed by atoms with Crippen molar-refractivity contribution in [3.8, 4) is 17.0 Å². The van der Waals surface area contributed by atoms with Crippen LogP contribution >= 0.6 is 0 Å². The summed E-state index contributed by atoms with van der Waals surface area (Å²) in [6.07, 6.45) is 0. The van der Waals surface area contributed by atoms with Gasteiger partial charge in [-0.3, -0.25) is 14.4 Å². The zero-order valence-corrected chi connectivity index (χ0v) is 15.9. The number of carbonyl (C=O) groups is 2. The molecule has 12 heteroatoms. The van der Waals surface area contributed by atoms with E-state index in [1.54, 1.807) is 0 Å². The van der Waals surface area contributed by atoms with E-state index in [4.69, 9.17) is 5.11 Å². The summed E-state index contributed by atoms with van der Waals surface area (Å²) in [5.74, 6) is -7.85. The molecule has 1 amide bonds. The number of amides is 1. The predicted molar refractivity (Wildman–Crippen MR) is 101 cm³/mol. The van der Waals surface area contributed by atoms with Crippen molar-refractivity contribution in [1.29, 1.82) is 0 Å². The number of hydrogen-bond donors (Lipinski definition) is 3. The number of nitrogens with one attached hydrogen (secondary N) is 1. The highest BCUT2D eigenvalue weighted by atomic mass is 19.1. The van der Waals surface area contributed by atoms with E-state index in [9.17, 15) is 37.1 Å². The van der Waals surface area contributed by atoms with Crippen molar-refractivity contribution < 1.29 is 37.4 Å². The highest BCUT2D eigenvalue weighted by molar-refractivity contribution is 5.99. The molecule has 0 bridgehead atoms. The Hall–Kier alpha value is -4.22. The first-order chi connectivity index (χ1) is 15.0. The van der Waals surface area contributed by atoms with Crippen LogP contribution in [-0.2, 0) is 11.3 Å². The molecule has 0 radical (unpaired) electrons. The summed E-state index contributed by atoms with van der Waals surface area (Å²) in [5.41, 5.74) is -3.25. The van der Waals surface area contributed by atoms with Gasteiger partial charge in [-0.2, -0.15) is 5.10 Å². The summed E-state index contributed by atoms with van der Waals surface area (Å²) in [6, 6.07) is 4.42. The number of aromatic nitrogens is 2. The normalized spacial score (nSPS) is 10.8. The van der Waals surface area contributed by atoms with E-state index >= 15 is 0 Å². The largest absolute Gasteiger partial charge is 0.505 e. The quantitative estimate of drug-likeness (QED) is 0.493. The molecule has 3 rings (SSSR count). The van der Waals surface area contributed by atoms with Crippen molar-refractivity contribution in [3.05, 3.63) is 81.1 Å². The van der Waals surface area contributed by atoms with Crippen LogP contribution in [0.15, 0.2) is 41.2 Å². The lowest BCUT2D eigenvalue weighted by Crippen LogP contribution is -2.37. The number of halogens is 4. The van der Waals surface area contributed by atoms with Crippen LogP contribution in [0.3, 0.4) is 0 Å². The van der Waals surface area contributed by atoms with Crippen molar-refractivity contribution in [1.82, 2.24) is 15.1 Å². The fraction of sp³-hybridized carbons (Fsp3) is 0.100. The van der Waals surface area contributed by atoms with Gasteiger partial charge in [-0.05, 0) is 29.8 Å². The molecule has 0 spiro atoms. The van der Waals surface area contributed by atoms with Gasteiger partial charge in [-0.25, -0.2) is 22.2 Å². The Morgan fingerprint density at radius 1 is 0.938 bits per heavy atom. The standard InChI is InChI=1S/C20H13F4N3O5/c21-11-1-9(2-12(22)5-11)8-27-20(32)16(19(31)25-7-15(28)29)18(30)17(26-27)10-3-13(23)6-14(24)4-10/h1-6,30H,7-8H2,(H,25,31)(H,28,29). The van der Waals surface area contributed by atoms with E-state index in [0.29, 0.717) is 16.8 Å². The first kappa shape index (κ1) is 22.5. The molecule has 1 aromatic heterocycles. The van der Waals surface area contributed by atoms with Crippen LogP contribution in [0.25, 0.3) is 11.3 Å². The zero-order chi connectivity index (χ0) is 23.6. The monoisotopic (exact) mass is 451 g/mol. The second-order valence-electron chi connectivity index (χ2n) is 6.55. The molecule has 8 nitrogen and oxygen atoms in total. The number of nitrogens with zero attached hydrogens (tertiary/aromatic N) is 2. The molecular formula is C20H13F4N3O5. The third kappa shape index (κ3) is 4.91. The van der Waals surface area contributed by atoms with Crippen molar-refractivity contribution in [2.75, 3.05) is 6.54 Å². The number of carbonyl (C=O) groups excluding carboxylic acids is 1. The Balaban J connectivity index is 2.21. The molecule has 3 N–H and O–H groups in total. The van der Waals surface area contributed by atoms with Gasteiger partial charge in [-0.15, -0.1) is 0 Å². The number of aliphatic carboxylic acids is 1. The van der Waals surface area contributed by atoms with Crippen molar-refractivity contribution in [2.45, 2.75) is 6.54 Å². The van der Waals surface area contributed by atoms with Gasteiger partial charge in [-0.1, -0.05) is 0 Å². The molecule has 3 aromatic rings. The van der Waals surface area contributed by atoms with Gasteiger partial charge in [0, 0.05) is 17.7 Å². The highest BCUT2D eigenvalue weighted by Crippen LogP contribution is 2.29. The second-order valence-corrected chi connectivity index (χ2v) is 6.55. The van der Waals surface area contributed by atoms with Crippen LogP contribution < -0.4 is 10.9 Å². The number of rotatable bonds is 6. The number of carboxylic acids is 1. The van der Waals surface area contributed by atoms with Crippen LogP contribution in [0.2, 0.25) is 0 Å². The van der Waals surface area contributed by atoms with Gasteiger partial charge >= 0.3 is 5.97 Å². The number of aromatic hydroxyl groups is 1. The number of benzene rings is 2. The van der Waals surface area contributed by atoms with Gasteiger partial charge in [0.15, 0.2) is 11.3 Å². The second kappa shape index (κ2) is 8.88. The molecular weight excluding hydrogens is 438 g/mol. The molecule has 2 aromatic carbocycles. The van der Waals surface area contributed by atoms with E-state index in [2.05, 4.69) is 5.10 Å². The van der Waals surface area contributed by atoms with Crippen LogP contribution in [0.5, 0.6) is 5.75 Å². The first-order valence-electron chi connectivity index (χ1n) is 8.80. The minimum absolute atomic E-state index is 0.0870. The maximum Gasteiger partial charge on any atom is 0.322 e. The molecule has 0 fully saturated rings. The maximum absolute atomic E-state index is 13.7. The molecule has 0 atom stereocenters. The summed E-state index contributed by atoms with van der Waals surface area (Å²) in [4.78, 5) is 35.9. The number of hydrogen-bond acceptors (Lipinski definition) is 5. The minimum Gasteiger partial charge on any atom is -0.505 e. The van der Waals surface area contributed by atoms with Gasteiger partial charge < -0.3 is 15.5 Å². The highest BCUT2D eigenvalue weighted by Gasteiger charge is 2.25. The van der Waals surface area contributed by atoms with Crippen LogP contribution in [0.4, 0.5) is 17.6 Å². The van der Waals surface area contributed by atoms with Crippen molar-refractivity contribution >= 4 is 11.9 Å². The SMILES string of the molecule is O=C(O)CNC(=O)c1c(O)c(-c2cc(F)cc(F)c2)nn(Cc2cc(F)cc(F)c2)c1=O. The minimum atomic E-state index is -1.45. The smallest absolute Gasteiger partial charge is 0.322 e. The van der Waals surface area contributed by atoms with Crippen molar-refractivity contribution in [3.63, 3.8) is 0 Å². The molecule has 0 unspecified atom stereocenters. The Bertz CT molecular complexity index is 1250. The first-order valence-corrected chi connectivity index (χ1v) is 8.80. The maximum atomic E-state index is 13.7. The third-order valence-electron chi connectivity index (χ3n) is 4.15. The van der Waals surface area contributed by atoms with E-state index in [0.717, 1.165) is 24.3 Å². The molecule has 0 aliphatic carbocycles. The lowest BCUT2D eigenvalue weighted by molar-refractivity contribution is -0.135. The Morgan fingerprint density at radius 2 is 1.47 bits per heavy atom. The summed E-state index contributed by atoms with van der Waals surface area (Å²) in [5, 5.41) is 24.9. The zero-order valence-electron chi connectivity index (χ0n) is 15.9. The Labute approximate surface area is 176 Å². The van der Waals surface area contributed by atoms with E-state index in [1.165, 1.54) is 0 Å². The summed E-state index contributed by atoms with van der Waals surface area (Å²) in [7, 11) is 0. The summed E-state index contributed by atoms with van der Waals surface area (Å²) < 4.78 is 55.0. The summed E-state index contributed by atoms with van der Waals surface area (Å²) >= 11 is 0. The van der Waals surface area contributed by atoms with Crippen molar-refractivity contribution in [2.24, 2.45) is 0 Å². The lowest BCUT2D eigenvalue weighted by atomic mass is 10.1. The number of carboxylic acid groups (broad SMARTS) is 1. The topological polar surface area (TPSA) is 122 Å². The average Bonchev–Trinajstić information content (AvgIpc) is 2.67. The molecule has 166 valence electrons. The fourth-order valence-electron chi connectivity index (χ4n) is 2.88. The molecule has 32 heavy (non-hydrogen) atoms. The molecule has 0 saturated carbocycles. The lowest BCUT2D eigenvalue weighted by Gasteiger charge is -2.14. The Morgan fingerprint density at radius 3 is 2.00 bits per heavy atom. The van der Waals surface area contributed by atoms with E-state index < -0.39 is 70.8 Å². The molecule has 1 heterocycles. The third-order valence-corrected chi connectivity index (χ3v) is 4.15. The molecule has 0 aliphatic rings.